The molecule has 0 heterocycles. The Labute approximate surface area is 73.8 Å². The predicted molar refractivity (Wildman–Crippen MR) is 42.1 cm³/mol. The number of halogens is 3. The van der Waals surface area contributed by atoms with Crippen molar-refractivity contribution in [2.75, 3.05) is 0 Å². The predicted octanol–water partition coefficient (Wildman–Crippen LogP) is 2.43. The van der Waals surface area contributed by atoms with Crippen molar-refractivity contribution >= 4 is 0 Å². The first-order valence-electron chi connectivity index (χ1n) is 3.74. The summed E-state index contributed by atoms with van der Waals surface area (Å²) in [7, 11) is 0. The summed E-state index contributed by atoms with van der Waals surface area (Å²) in [6, 6.07) is 3.76. The summed E-state index contributed by atoms with van der Waals surface area (Å²) in [6.07, 6.45) is -5.00. The van der Waals surface area contributed by atoms with Gasteiger partial charge >= 0.3 is 0 Å². The zero-order chi connectivity index (χ0) is 10.0. The van der Waals surface area contributed by atoms with Crippen LogP contribution in [0.1, 0.15) is 17.2 Å². The zero-order valence-electron chi connectivity index (χ0n) is 6.97. The van der Waals surface area contributed by atoms with Gasteiger partial charge in [0.05, 0.1) is 0 Å². The van der Waals surface area contributed by atoms with Crippen molar-refractivity contribution in [1.29, 1.82) is 0 Å². The Balaban J connectivity index is 3.01. The second kappa shape index (κ2) is 3.79. The van der Waals surface area contributed by atoms with Crippen molar-refractivity contribution in [2.24, 2.45) is 0 Å². The van der Waals surface area contributed by atoms with E-state index in [1.165, 1.54) is 12.1 Å². The van der Waals surface area contributed by atoms with E-state index in [1.54, 1.807) is 6.92 Å². The molecular weight excluding hydrogens is 181 g/mol. The minimum absolute atomic E-state index is 0.361. The highest BCUT2D eigenvalue weighted by Gasteiger charge is 2.21. The molecule has 1 unspecified atom stereocenters. The molecule has 0 aliphatic rings. The maximum atomic E-state index is 13.0. The van der Waals surface area contributed by atoms with Crippen molar-refractivity contribution in [2.45, 2.75) is 19.5 Å². The van der Waals surface area contributed by atoms with E-state index in [0.717, 1.165) is 6.07 Å². The molecule has 0 amide bonds. The molecule has 1 aromatic carbocycles. The molecule has 72 valence electrons. The first-order chi connectivity index (χ1) is 6.02. The Morgan fingerprint density at radius 3 is 2.38 bits per heavy atom. The van der Waals surface area contributed by atoms with Crippen molar-refractivity contribution in [3.63, 3.8) is 0 Å². The van der Waals surface area contributed by atoms with Crippen molar-refractivity contribution < 1.29 is 18.3 Å². The molecule has 0 bridgehead atoms. The van der Waals surface area contributed by atoms with Crippen LogP contribution in [0.4, 0.5) is 13.2 Å². The summed E-state index contributed by atoms with van der Waals surface area (Å²) >= 11 is 0. The molecule has 1 nitrogen and oxygen atoms in total. The van der Waals surface area contributed by atoms with Gasteiger partial charge in [-0.25, -0.2) is 13.2 Å². The van der Waals surface area contributed by atoms with Crippen LogP contribution in [0.2, 0.25) is 0 Å². The Hall–Kier alpha value is -1.03. The molecule has 1 rings (SSSR count). The molecule has 13 heavy (non-hydrogen) atoms. The van der Waals surface area contributed by atoms with Crippen LogP contribution in [-0.2, 0) is 0 Å². The normalized spacial score (nSPS) is 13.4. The van der Waals surface area contributed by atoms with Gasteiger partial charge in [0.1, 0.15) is 11.9 Å². The van der Waals surface area contributed by atoms with E-state index in [1.807, 2.05) is 0 Å². The van der Waals surface area contributed by atoms with Gasteiger partial charge in [-0.2, -0.15) is 0 Å². The van der Waals surface area contributed by atoms with Gasteiger partial charge in [-0.05, 0) is 18.6 Å². The highest BCUT2D eigenvalue weighted by molar-refractivity contribution is 5.25. The molecule has 1 aromatic rings. The standard InChI is InChI=1S/C9H9F3O/c1-5-2-3-6(7(10)4-5)8(13)9(11)12/h2-4,8-9,13H,1H3. The van der Waals surface area contributed by atoms with Gasteiger partial charge in [0.25, 0.3) is 6.43 Å². The average Bonchev–Trinajstić information content (AvgIpc) is 2.03. The zero-order valence-corrected chi connectivity index (χ0v) is 6.97. The SMILES string of the molecule is Cc1ccc(C(O)C(F)F)c(F)c1. The number of aliphatic hydroxyl groups excluding tert-OH is 1. The third kappa shape index (κ3) is 2.21. The van der Waals surface area contributed by atoms with Gasteiger partial charge in [-0.1, -0.05) is 12.1 Å². The van der Waals surface area contributed by atoms with Crippen LogP contribution >= 0.6 is 0 Å². The fraction of sp³-hybridized carbons (Fsp3) is 0.333. The van der Waals surface area contributed by atoms with Crippen LogP contribution in [0, 0.1) is 12.7 Å². The first kappa shape index (κ1) is 10.1. The van der Waals surface area contributed by atoms with Crippen molar-refractivity contribution in [3.05, 3.63) is 35.1 Å². The third-order valence-corrected chi connectivity index (χ3v) is 1.71. The number of rotatable bonds is 2. The Bertz CT molecular complexity index is 299. The van der Waals surface area contributed by atoms with Crippen LogP contribution in [-0.4, -0.2) is 11.5 Å². The van der Waals surface area contributed by atoms with Crippen molar-refractivity contribution in [1.82, 2.24) is 0 Å². The number of alkyl halides is 2. The molecule has 4 heteroatoms. The third-order valence-electron chi connectivity index (χ3n) is 1.71. The molecule has 0 radical (unpaired) electrons. The second-order valence-electron chi connectivity index (χ2n) is 2.80. The molecule has 1 atom stereocenters. The number of hydrogen-bond donors (Lipinski definition) is 1. The molecule has 0 saturated carbocycles. The largest absolute Gasteiger partial charge is 0.382 e. The van der Waals surface area contributed by atoms with Crippen LogP contribution in [0.3, 0.4) is 0 Å². The van der Waals surface area contributed by atoms with Crippen LogP contribution in [0.5, 0.6) is 0 Å². The average molecular weight is 190 g/mol. The quantitative estimate of drug-likeness (QED) is 0.759. The monoisotopic (exact) mass is 190 g/mol. The van der Waals surface area contributed by atoms with Gasteiger partial charge in [-0.3, -0.25) is 0 Å². The maximum absolute atomic E-state index is 13.0. The summed E-state index contributed by atoms with van der Waals surface area (Å²) in [5, 5.41) is 8.88. The summed E-state index contributed by atoms with van der Waals surface area (Å²) in [6.45, 7) is 1.64. The smallest absolute Gasteiger partial charge is 0.268 e. The lowest BCUT2D eigenvalue weighted by atomic mass is 10.1. The lowest BCUT2D eigenvalue weighted by molar-refractivity contribution is -0.00772. The fourth-order valence-electron chi connectivity index (χ4n) is 1.01. The second-order valence-corrected chi connectivity index (χ2v) is 2.80. The molecule has 0 aliphatic heterocycles. The van der Waals surface area contributed by atoms with E-state index in [2.05, 4.69) is 0 Å². The van der Waals surface area contributed by atoms with E-state index in [4.69, 9.17) is 5.11 Å². The molecule has 0 saturated heterocycles. The van der Waals surface area contributed by atoms with Crippen LogP contribution < -0.4 is 0 Å². The van der Waals surface area contributed by atoms with Crippen LogP contribution in [0.15, 0.2) is 18.2 Å². The molecule has 1 N–H and O–H groups in total. The Morgan fingerprint density at radius 1 is 1.31 bits per heavy atom. The minimum atomic E-state index is -2.96. The van der Waals surface area contributed by atoms with E-state index in [9.17, 15) is 13.2 Å². The van der Waals surface area contributed by atoms with E-state index >= 15 is 0 Å². The van der Waals surface area contributed by atoms with E-state index in [-0.39, 0.29) is 5.56 Å². The minimum Gasteiger partial charge on any atom is -0.382 e. The Morgan fingerprint density at radius 2 is 1.92 bits per heavy atom. The summed E-state index contributed by atoms with van der Waals surface area (Å²) < 4.78 is 36.9. The van der Waals surface area contributed by atoms with Gasteiger partial charge < -0.3 is 5.11 Å². The molecular formula is C9H9F3O. The molecule has 0 spiro atoms. The number of aliphatic hydroxyl groups is 1. The van der Waals surface area contributed by atoms with E-state index < -0.39 is 18.3 Å². The Kier molecular flexibility index (Phi) is 2.93. The fourth-order valence-corrected chi connectivity index (χ4v) is 1.01. The summed E-state index contributed by atoms with van der Waals surface area (Å²) in [5.74, 6) is -0.798. The topological polar surface area (TPSA) is 20.2 Å². The molecule has 0 aliphatic carbocycles. The highest BCUT2D eigenvalue weighted by atomic mass is 19.3. The van der Waals surface area contributed by atoms with Gasteiger partial charge in [0.2, 0.25) is 0 Å². The first-order valence-corrected chi connectivity index (χ1v) is 3.74. The summed E-state index contributed by atoms with van der Waals surface area (Å²) in [4.78, 5) is 0. The number of aryl methyl sites for hydroxylation is 1. The number of benzene rings is 1. The lowest BCUT2D eigenvalue weighted by Crippen LogP contribution is -2.09. The lowest BCUT2D eigenvalue weighted by Gasteiger charge is -2.10. The molecule has 0 fully saturated rings. The number of hydrogen-bond acceptors (Lipinski definition) is 1. The van der Waals surface area contributed by atoms with E-state index in [0.29, 0.717) is 5.56 Å². The molecule has 0 aromatic heterocycles. The van der Waals surface area contributed by atoms with Gasteiger partial charge in [0, 0.05) is 5.56 Å². The van der Waals surface area contributed by atoms with Crippen LogP contribution in [0.25, 0.3) is 0 Å². The summed E-state index contributed by atoms with van der Waals surface area (Å²) in [5.41, 5.74) is 0.267. The van der Waals surface area contributed by atoms with Gasteiger partial charge in [-0.15, -0.1) is 0 Å². The van der Waals surface area contributed by atoms with Gasteiger partial charge in [0.15, 0.2) is 0 Å². The maximum Gasteiger partial charge on any atom is 0.268 e. The highest BCUT2D eigenvalue weighted by Crippen LogP contribution is 2.23. The van der Waals surface area contributed by atoms with Crippen molar-refractivity contribution in [3.8, 4) is 0 Å².